The van der Waals surface area contributed by atoms with Crippen molar-refractivity contribution in [3.8, 4) is 0 Å². The van der Waals surface area contributed by atoms with Crippen molar-refractivity contribution in [3.63, 3.8) is 0 Å². The molecule has 0 aliphatic heterocycles. The van der Waals surface area contributed by atoms with Crippen molar-refractivity contribution in [2.75, 3.05) is 7.11 Å². The molecule has 0 fully saturated rings. The zero-order valence-electron chi connectivity index (χ0n) is 29.4. The Kier molecular flexibility index (Phi) is 19.3. The molecule has 0 saturated carbocycles. The van der Waals surface area contributed by atoms with E-state index < -0.39 is 78.4 Å². The Balaban J connectivity index is 5.55. The van der Waals surface area contributed by atoms with E-state index in [-0.39, 0.29) is 36.0 Å². The summed E-state index contributed by atoms with van der Waals surface area (Å²) in [7, 11) is 1.20. The molecule has 0 rings (SSSR count). The molecule has 7 atom stereocenters. The maximum Gasteiger partial charge on any atom is 0.308 e. The molecule has 0 spiro atoms. The van der Waals surface area contributed by atoms with E-state index in [4.69, 9.17) is 0 Å². The molecule has 14 heteroatoms. The van der Waals surface area contributed by atoms with Crippen LogP contribution in [0.5, 0.6) is 0 Å². The van der Waals surface area contributed by atoms with Crippen LogP contribution in [0.1, 0.15) is 94.9 Å². The Hall–Kier alpha value is -3.26. The zero-order chi connectivity index (χ0) is 35.9. The summed E-state index contributed by atoms with van der Waals surface area (Å²) >= 11 is 0. The first kappa shape index (κ1) is 42.7. The molecule has 0 aromatic rings. The van der Waals surface area contributed by atoms with Crippen molar-refractivity contribution in [2.24, 2.45) is 23.7 Å². The fraction of sp³-hybridized carbons (Fsp3) is 0.812. The van der Waals surface area contributed by atoms with Crippen LogP contribution in [0, 0.1) is 23.7 Å². The number of methoxy groups -OCH3 is 1. The van der Waals surface area contributed by atoms with Gasteiger partial charge in [-0.05, 0) is 43.4 Å². The summed E-state index contributed by atoms with van der Waals surface area (Å²) in [6, 6.07) is -4.46. The number of esters is 1. The summed E-state index contributed by atoms with van der Waals surface area (Å²) in [5.74, 6) is -3.74. The van der Waals surface area contributed by atoms with Gasteiger partial charge in [0.2, 0.25) is 29.5 Å². The highest BCUT2D eigenvalue weighted by molar-refractivity contribution is 5.92. The number of ether oxygens (including phenoxy) is 1. The first-order valence-corrected chi connectivity index (χ1v) is 16.1. The quantitative estimate of drug-likeness (QED) is 0.0909. The van der Waals surface area contributed by atoms with E-state index in [2.05, 4.69) is 31.3 Å². The van der Waals surface area contributed by atoms with Gasteiger partial charge in [0.25, 0.3) is 0 Å². The predicted molar refractivity (Wildman–Crippen MR) is 173 cm³/mol. The van der Waals surface area contributed by atoms with Gasteiger partial charge in [0.1, 0.15) is 18.1 Å². The van der Waals surface area contributed by atoms with Crippen LogP contribution in [0.4, 0.5) is 0 Å². The van der Waals surface area contributed by atoms with Gasteiger partial charge in [-0.25, -0.2) is 0 Å². The lowest BCUT2D eigenvalue weighted by atomic mass is 9.95. The van der Waals surface area contributed by atoms with E-state index in [1.807, 2.05) is 27.7 Å². The van der Waals surface area contributed by atoms with Crippen LogP contribution in [0.15, 0.2) is 0 Å². The maximum absolute atomic E-state index is 13.4. The zero-order valence-corrected chi connectivity index (χ0v) is 29.4. The third-order valence-electron chi connectivity index (χ3n) is 7.36. The smallest absolute Gasteiger partial charge is 0.308 e. The Bertz CT molecular complexity index is 1020. The van der Waals surface area contributed by atoms with Crippen molar-refractivity contribution < 1.29 is 43.7 Å². The third kappa shape index (κ3) is 16.3. The van der Waals surface area contributed by atoms with Crippen LogP contribution in [-0.2, 0) is 33.5 Å². The van der Waals surface area contributed by atoms with Gasteiger partial charge in [-0.2, -0.15) is 0 Å². The van der Waals surface area contributed by atoms with Crippen molar-refractivity contribution >= 4 is 35.5 Å². The summed E-state index contributed by atoms with van der Waals surface area (Å²) in [4.78, 5) is 75.4. The molecule has 5 amide bonds. The largest absolute Gasteiger partial charge is 0.469 e. The van der Waals surface area contributed by atoms with Crippen LogP contribution in [0.25, 0.3) is 0 Å². The Labute approximate surface area is 273 Å². The molecule has 0 aliphatic rings. The fourth-order valence-electron chi connectivity index (χ4n) is 4.85. The first-order chi connectivity index (χ1) is 21.2. The number of aliphatic hydroxyl groups excluding tert-OH is 2. The molecule has 0 aromatic carbocycles. The van der Waals surface area contributed by atoms with E-state index in [1.54, 1.807) is 27.7 Å². The predicted octanol–water partition coefficient (Wildman–Crippen LogP) is 0.529. The number of amides is 5. The highest BCUT2D eigenvalue weighted by atomic mass is 16.5. The van der Waals surface area contributed by atoms with Gasteiger partial charge in [0, 0.05) is 6.92 Å². The number of hydrogen-bond donors (Lipinski definition) is 7. The number of aliphatic hydroxyl groups is 2. The Morgan fingerprint density at radius 3 is 1.41 bits per heavy atom. The molecule has 0 heterocycles. The van der Waals surface area contributed by atoms with Crippen LogP contribution < -0.4 is 26.6 Å². The second-order valence-electron chi connectivity index (χ2n) is 13.6. The van der Waals surface area contributed by atoms with Crippen LogP contribution in [0.3, 0.4) is 0 Å². The van der Waals surface area contributed by atoms with Gasteiger partial charge in [0.15, 0.2) is 0 Å². The Morgan fingerprint density at radius 2 is 1.00 bits per heavy atom. The SMILES string of the molecule is COC(=O)C[C@H](O)[C@H](CC(C)C)NC(=O)[C@H](C)NC(=O)C[C@H](O)[C@H](CC(C)C)NC(=O)[C@@H](NC(=O)C(NC(C)=O)C(C)C)C(C)C. The lowest BCUT2D eigenvalue weighted by molar-refractivity contribution is -0.144. The van der Waals surface area contributed by atoms with Crippen LogP contribution in [0.2, 0.25) is 0 Å². The standard InChI is InChI=1S/C32H59N5O9/c1-16(2)12-22(36-31(44)29(19(7)8)37-32(45)28(18(5)6)34-21(10)38)24(39)14-26(41)33-20(9)30(43)35-23(13-17(3)4)25(40)15-27(42)46-11/h16-20,22-25,28-29,39-40H,12-15H2,1-11H3,(H,33,41)(H,34,38)(H,35,43)(H,36,44)(H,37,45)/t20-,22-,23-,24-,25-,28?,29-/m0/s1. The maximum atomic E-state index is 13.4. The molecular weight excluding hydrogens is 598 g/mol. The van der Waals surface area contributed by atoms with Gasteiger partial charge in [-0.15, -0.1) is 0 Å². The van der Waals surface area contributed by atoms with E-state index in [0.717, 1.165) is 0 Å². The number of nitrogens with one attached hydrogen (secondary N) is 5. The molecule has 14 nitrogen and oxygen atoms in total. The average molecular weight is 658 g/mol. The van der Waals surface area contributed by atoms with Gasteiger partial charge < -0.3 is 41.5 Å². The lowest BCUT2D eigenvalue weighted by Gasteiger charge is -2.31. The second-order valence-corrected chi connectivity index (χ2v) is 13.6. The molecule has 0 bridgehead atoms. The first-order valence-electron chi connectivity index (χ1n) is 16.1. The summed E-state index contributed by atoms with van der Waals surface area (Å²) < 4.78 is 4.61. The molecule has 0 aromatic heterocycles. The van der Waals surface area contributed by atoms with E-state index in [1.165, 1.54) is 21.0 Å². The summed E-state index contributed by atoms with van der Waals surface area (Å²) in [5, 5.41) is 34.8. The normalized spacial score (nSPS) is 16.1. The molecule has 0 radical (unpaired) electrons. The highest BCUT2D eigenvalue weighted by Crippen LogP contribution is 2.15. The number of rotatable bonds is 20. The molecule has 46 heavy (non-hydrogen) atoms. The molecular formula is C32H59N5O9. The van der Waals surface area contributed by atoms with Gasteiger partial charge in [-0.3, -0.25) is 28.8 Å². The topological polar surface area (TPSA) is 212 Å². The van der Waals surface area contributed by atoms with Crippen molar-refractivity contribution in [1.29, 1.82) is 0 Å². The molecule has 0 saturated heterocycles. The van der Waals surface area contributed by atoms with Crippen molar-refractivity contribution in [3.05, 3.63) is 0 Å². The molecule has 1 unspecified atom stereocenters. The third-order valence-corrected chi connectivity index (χ3v) is 7.36. The van der Waals surface area contributed by atoms with Crippen LogP contribution >= 0.6 is 0 Å². The Morgan fingerprint density at radius 1 is 0.587 bits per heavy atom. The van der Waals surface area contributed by atoms with E-state index in [9.17, 15) is 39.0 Å². The number of hydrogen-bond acceptors (Lipinski definition) is 9. The van der Waals surface area contributed by atoms with E-state index in [0.29, 0.717) is 12.8 Å². The van der Waals surface area contributed by atoms with Gasteiger partial charge >= 0.3 is 5.97 Å². The van der Waals surface area contributed by atoms with Gasteiger partial charge in [-0.1, -0.05) is 55.4 Å². The fourth-order valence-corrected chi connectivity index (χ4v) is 4.85. The lowest BCUT2D eigenvalue weighted by Crippen LogP contribution is -2.59. The number of carbonyl (C=O) groups excluding carboxylic acids is 6. The molecule has 266 valence electrons. The van der Waals surface area contributed by atoms with Crippen molar-refractivity contribution in [1.82, 2.24) is 26.6 Å². The molecule has 0 aliphatic carbocycles. The minimum absolute atomic E-state index is 0.0270. The summed E-state index contributed by atoms with van der Waals surface area (Å²) in [6.45, 7) is 17.4. The summed E-state index contributed by atoms with van der Waals surface area (Å²) in [5.41, 5.74) is 0. The minimum Gasteiger partial charge on any atom is -0.469 e. The minimum atomic E-state index is -1.32. The van der Waals surface area contributed by atoms with Gasteiger partial charge in [0.05, 0.1) is 44.2 Å². The average Bonchev–Trinajstić information content (AvgIpc) is 2.92. The number of carbonyl (C=O) groups is 6. The highest BCUT2D eigenvalue weighted by Gasteiger charge is 2.33. The van der Waals surface area contributed by atoms with Crippen LogP contribution in [-0.4, -0.2) is 95.2 Å². The summed E-state index contributed by atoms with van der Waals surface area (Å²) in [6.07, 6.45) is -2.53. The molecule has 7 N–H and O–H groups in total. The van der Waals surface area contributed by atoms with E-state index >= 15 is 0 Å². The second kappa shape index (κ2) is 20.8. The van der Waals surface area contributed by atoms with Crippen molar-refractivity contribution in [2.45, 2.75) is 137 Å². The monoisotopic (exact) mass is 657 g/mol.